The molecule has 0 aromatic heterocycles. The van der Waals surface area contributed by atoms with Crippen LogP contribution in [-0.2, 0) is 0 Å². The van der Waals surface area contributed by atoms with Crippen molar-refractivity contribution in [3.63, 3.8) is 0 Å². The van der Waals surface area contributed by atoms with Crippen LogP contribution in [0.2, 0.25) is 5.02 Å². The molecule has 102 valence electrons. The number of hydrogen-bond acceptors (Lipinski definition) is 3. The summed E-state index contributed by atoms with van der Waals surface area (Å²) < 4.78 is 0.806. The van der Waals surface area contributed by atoms with E-state index in [1.807, 2.05) is 0 Å². The Morgan fingerprint density at radius 1 is 1.25 bits per heavy atom. The van der Waals surface area contributed by atoms with E-state index in [0.29, 0.717) is 16.1 Å². The SMILES string of the molecule is O=C(NN=Cc1cc(Br)ccc1O)c1ccc(Cl)cc1. The molecule has 0 aliphatic carbocycles. The molecule has 1 amide bonds. The van der Waals surface area contributed by atoms with Gasteiger partial charge in [0.2, 0.25) is 0 Å². The van der Waals surface area contributed by atoms with Crippen LogP contribution < -0.4 is 5.43 Å². The van der Waals surface area contributed by atoms with Gasteiger partial charge in [0.15, 0.2) is 0 Å². The van der Waals surface area contributed by atoms with Gasteiger partial charge in [-0.2, -0.15) is 5.10 Å². The molecule has 0 fully saturated rings. The summed E-state index contributed by atoms with van der Waals surface area (Å²) >= 11 is 9.03. The maximum atomic E-state index is 11.8. The Balaban J connectivity index is 2.04. The van der Waals surface area contributed by atoms with E-state index in [0.717, 1.165) is 4.47 Å². The molecule has 0 aliphatic heterocycles. The topological polar surface area (TPSA) is 61.7 Å². The molecular weight excluding hydrogens is 344 g/mol. The lowest BCUT2D eigenvalue weighted by Gasteiger charge is -2.01. The van der Waals surface area contributed by atoms with Crippen LogP contribution in [-0.4, -0.2) is 17.2 Å². The van der Waals surface area contributed by atoms with E-state index < -0.39 is 0 Å². The molecule has 0 aliphatic rings. The summed E-state index contributed by atoms with van der Waals surface area (Å²) in [5.41, 5.74) is 3.32. The van der Waals surface area contributed by atoms with Crippen molar-refractivity contribution in [1.29, 1.82) is 0 Å². The van der Waals surface area contributed by atoms with E-state index in [9.17, 15) is 9.90 Å². The highest BCUT2D eigenvalue weighted by atomic mass is 79.9. The van der Waals surface area contributed by atoms with E-state index >= 15 is 0 Å². The van der Waals surface area contributed by atoms with Crippen LogP contribution in [0, 0.1) is 0 Å². The Labute approximate surface area is 129 Å². The van der Waals surface area contributed by atoms with E-state index in [2.05, 4.69) is 26.5 Å². The number of carbonyl (C=O) groups is 1. The number of hydrogen-bond donors (Lipinski definition) is 2. The standard InChI is InChI=1S/C14H10BrClN2O2/c15-11-3-6-13(19)10(7-11)8-17-18-14(20)9-1-4-12(16)5-2-9/h1-8,19H,(H,18,20). The number of halogens is 2. The second-order valence-electron chi connectivity index (χ2n) is 3.91. The van der Waals surface area contributed by atoms with Crippen molar-refractivity contribution in [3.05, 3.63) is 63.1 Å². The lowest BCUT2D eigenvalue weighted by atomic mass is 10.2. The van der Waals surface area contributed by atoms with Gasteiger partial charge in [0, 0.05) is 20.6 Å². The van der Waals surface area contributed by atoms with Crippen molar-refractivity contribution in [1.82, 2.24) is 5.43 Å². The second kappa shape index (κ2) is 6.54. The van der Waals surface area contributed by atoms with Gasteiger partial charge >= 0.3 is 0 Å². The summed E-state index contributed by atoms with van der Waals surface area (Å²) in [7, 11) is 0. The van der Waals surface area contributed by atoms with Gasteiger partial charge in [0.1, 0.15) is 5.75 Å². The Morgan fingerprint density at radius 3 is 2.65 bits per heavy atom. The third-order valence-electron chi connectivity index (χ3n) is 2.47. The summed E-state index contributed by atoms with van der Waals surface area (Å²) in [5.74, 6) is -0.273. The van der Waals surface area contributed by atoms with E-state index in [4.69, 9.17) is 11.6 Å². The molecule has 2 aromatic carbocycles. The molecule has 0 spiro atoms. The average molecular weight is 354 g/mol. The summed E-state index contributed by atoms with van der Waals surface area (Å²) in [6, 6.07) is 11.4. The number of nitrogens with zero attached hydrogens (tertiary/aromatic N) is 1. The third kappa shape index (κ3) is 3.82. The summed E-state index contributed by atoms with van der Waals surface area (Å²) in [5, 5.41) is 14.0. The first-order valence-electron chi connectivity index (χ1n) is 5.64. The second-order valence-corrected chi connectivity index (χ2v) is 5.26. The number of rotatable bonds is 3. The predicted octanol–water partition coefficient (Wildman–Crippen LogP) is 3.57. The van der Waals surface area contributed by atoms with Crippen LogP contribution in [0.4, 0.5) is 0 Å². The number of hydrazone groups is 1. The predicted molar refractivity (Wildman–Crippen MR) is 82.3 cm³/mol. The molecular formula is C14H10BrClN2O2. The molecule has 2 N–H and O–H groups in total. The molecule has 0 radical (unpaired) electrons. The highest BCUT2D eigenvalue weighted by Crippen LogP contribution is 2.19. The first kappa shape index (κ1) is 14.6. The molecule has 0 saturated carbocycles. The van der Waals surface area contributed by atoms with Gasteiger partial charge in [-0.05, 0) is 42.5 Å². The van der Waals surface area contributed by atoms with Gasteiger partial charge in [-0.1, -0.05) is 27.5 Å². The zero-order valence-corrected chi connectivity index (χ0v) is 12.5. The Morgan fingerprint density at radius 2 is 1.95 bits per heavy atom. The van der Waals surface area contributed by atoms with E-state index in [1.165, 1.54) is 12.3 Å². The first-order valence-corrected chi connectivity index (χ1v) is 6.81. The molecule has 20 heavy (non-hydrogen) atoms. The average Bonchev–Trinajstić information content (AvgIpc) is 2.43. The van der Waals surface area contributed by atoms with Gasteiger partial charge in [0.05, 0.1) is 6.21 Å². The Hall–Kier alpha value is -1.85. The smallest absolute Gasteiger partial charge is 0.271 e. The van der Waals surface area contributed by atoms with Crippen LogP contribution in [0.25, 0.3) is 0 Å². The lowest BCUT2D eigenvalue weighted by molar-refractivity contribution is 0.0955. The van der Waals surface area contributed by atoms with Crippen LogP contribution in [0.1, 0.15) is 15.9 Å². The van der Waals surface area contributed by atoms with Crippen molar-refractivity contribution in [2.45, 2.75) is 0 Å². The zero-order valence-electron chi connectivity index (χ0n) is 10.2. The van der Waals surface area contributed by atoms with Gasteiger partial charge in [0.25, 0.3) is 5.91 Å². The molecule has 0 heterocycles. The fourth-order valence-corrected chi connectivity index (χ4v) is 1.96. The minimum Gasteiger partial charge on any atom is -0.507 e. The molecule has 0 unspecified atom stereocenters. The van der Waals surface area contributed by atoms with Gasteiger partial charge < -0.3 is 5.11 Å². The van der Waals surface area contributed by atoms with Crippen molar-refractivity contribution >= 4 is 39.7 Å². The van der Waals surface area contributed by atoms with E-state index in [-0.39, 0.29) is 11.7 Å². The summed E-state index contributed by atoms with van der Waals surface area (Å²) in [4.78, 5) is 11.8. The van der Waals surface area contributed by atoms with Crippen molar-refractivity contribution in [2.24, 2.45) is 5.10 Å². The number of benzene rings is 2. The molecule has 6 heteroatoms. The lowest BCUT2D eigenvalue weighted by Crippen LogP contribution is -2.17. The Kier molecular flexibility index (Phi) is 4.76. The highest BCUT2D eigenvalue weighted by Gasteiger charge is 2.03. The van der Waals surface area contributed by atoms with Gasteiger partial charge in [-0.25, -0.2) is 5.43 Å². The van der Waals surface area contributed by atoms with Crippen molar-refractivity contribution in [3.8, 4) is 5.75 Å². The number of nitrogens with one attached hydrogen (secondary N) is 1. The van der Waals surface area contributed by atoms with Crippen LogP contribution in [0.15, 0.2) is 52.0 Å². The normalized spacial score (nSPS) is 10.7. The summed E-state index contributed by atoms with van der Waals surface area (Å²) in [6.07, 6.45) is 1.37. The Bertz CT molecular complexity index is 657. The molecule has 2 aromatic rings. The zero-order chi connectivity index (χ0) is 14.5. The highest BCUT2D eigenvalue weighted by molar-refractivity contribution is 9.10. The minimum atomic E-state index is -0.354. The van der Waals surface area contributed by atoms with Crippen molar-refractivity contribution < 1.29 is 9.90 Å². The summed E-state index contributed by atoms with van der Waals surface area (Å²) in [6.45, 7) is 0. The monoisotopic (exact) mass is 352 g/mol. The number of phenols is 1. The number of carbonyl (C=O) groups excluding carboxylic acids is 1. The molecule has 2 rings (SSSR count). The van der Waals surface area contributed by atoms with E-state index in [1.54, 1.807) is 36.4 Å². The largest absolute Gasteiger partial charge is 0.507 e. The number of amides is 1. The number of aromatic hydroxyl groups is 1. The fourth-order valence-electron chi connectivity index (χ4n) is 1.46. The molecule has 0 saturated heterocycles. The quantitative estimate of drug-likeness (QED) is 0.654. The third-order valence-corrected chi connectivity index (χ3v) is 3.21. The number of phenolic OH excluding ortho intramolecular Hbond substituents is 1. The van der Waals surface area contributed by atoms with Gasteiger partial charge in [-0.3, -0.25) is 4.79 Å². The first-order chi connectivity index (χ1) is 9.56. The fraction of sp³-hybridized carbons (Fsp3) is 0. The maximum absolute atomic E-state index is 11.8. The van der Waals surface area contributed by atoms with Crippen LogP contribution in [0.5, 0.6) is 5.75 Å². The minimum absolute atomic E-state index is 0.0812. The van der Waals surface area contributed by atoms with Crippen LogP contribution in [0.3, 0.4) is 0 Å². The molecule has 4 nitrogen and oxygen atoms in total. The van der Waals surface area contributed by atoms with Crippen molar-refractivity contribution in [2.75, 3.05) is 0 Å². The van der Waals surface area contributed by atoms with Crippen LogP contribution >= 0.6 is 27.5 Å². The maximum Gasteiger partial charge on any atom is 0.271 e. The van der Waals surface area contributed by atoms with Gasteiger partial charge in [-0.15, -0.1) is 0 Å². The molecule has 0 bridgehead atoms. The molecule has 0 atom stereocenters.